The van der Waals surface area contributed by atoms with Crippen LogP contribution in [0.4, 0.5) is 10.2 Å². The molecule has 0 aliphatic rings. The third-order valence-electron chi connectivity index (χ3n) is 4.07. The van der Waals surface area contributed by atoms with E-state index in [1.807, 2.05) is 25.1 Å². The minimum atomic E-state index is -0.290. The molecule has 138 valence electrons. The van der Waals surface area contributed by atoms with Crippen LogP contribution in [-0.4, -0.2) is 24.9 Å². The van der Waals surface area contributed by atoms with Crippen molar-refractivity contribution in [1.82, 2.24) is 24.9 Å². The lowest BCUT2D eigenvalue weighted by Gasteiger charge is -2.10. The lowest BCUT2D eigenvalue weighted by molar-refractivity contribution is 0.628. The summed E-state index contributed by atoms with van der Waals surface area (Å²) >= 11 is 0. The maximum absolute atomic E-state index is 13.3. The fourth-order valence-electron chi connectivity index (χ4n) is 2.62. The van der Waals surface area contributed by atoms with Gasteiger partial charge in [-0.25, -0.2) is 24.3 Å². The number of hydrogen-bond acceptors (Lipinski definition) is 6. The van der Waals surface area contributed by atoms with Gasteiger partial charge in [0.1, 0.15) is 17.5 Å². The summed E-state index contributed by atoms with van der Waals surface area (Å²) in [6.45, 7) is 2.37. The number of aromatic nitrogens is 5. The van der Waals surface area contributed by atoms with Gasteiger partial charge in [-0.05, 0) is 48.9 Å². The highest BCUT2D eigenvalue weighted by Gasteiger charge is 2.09. The van der Waals surface area contributed by atoms with Crippen molar-refractivity contribution in [3.63, 3.8) is 0 Å². The third kappa shape index (κ3) is 4.15. The van der Waals surface area contributed by atoms with Crippen LogP contribution in [0, 0.1) is 12.7 Å². The van der Waals surface area contributed by atoms with Gasteiger partial charge in [-0.15, -0.1) is 0 Å². The number of aryl methyl sites for hydroxylation is 1. The van der Waals surface area contributed by atoms with E-state index >= 15 is 0 Å². The molecule has 0 aliphatic heterocycles. The molecule has 4 aromatic rings. The molecule has 0 radical (unpaired) electrons. The first-order chi connectivity index (χ1) is 13.7. The van der Waals surface area contributed by atoms with E-state index in [1.165, 1.54) is 12.1 Å². The van der Waals surface area contributed by atoms with Crippen LogP contribution in [0.15, 0.2) is 67.3 Å². The van der Waals surface area contributed by atoms with Gasteiger partial charge in [0.2, 0.25) is 0 Å². The molecule has 3 aromatic heterocycles. The maximum atomic E-state index is 13.3. The van der Waals surface area contributed by atoms with E-state index in [4.69, 9.17) is 0 Å². The third-order valence-corrected chi connectivity index (χ3v) is 4.07. The lowest BCUT2D eigenvalue weighted by atomic mass is 10.1. The predicted octanol–water partition coefficient (Wildman–Crippen LogP) is 4.06. The Morgan fingerprint density at radius 3 is 2.32 bits per heavy atom. The first-order valence-electron chi connectivity index (χ1n) is 8.74. The van der Waals surface area contributed by atoms with Crippen molar-refractivity contribution in [3.05, 3.63) is 84.5 Å². The molecular formula is C21H17FN6. The Morgan fingerprint density at radius 1 is 0.893 bits per heavy atom. The summed E-state index contributed by atoms with van der Waals surface area (Å²) in [4.78, 5) is 21.9. The number of nitrogens with one attached hydrogen (secondary N) is 1. The molecule has 0 saturated carbocycles. The SMILES string of the molecule is Cc1cnc(CNc2cc(-c3ccc(F)cc3)nc(-c3ccncc3)n2)nc1. The molecule has 0 aliphatic carbocycles. The Bertz CT molecular complexity index is 1070. The second-order valence-electron chi connectivity index (χ2n) is 6.24. The topological polar surface area (TPSA) is 76.5 Å². The van der Waals surface area contributed by atoms with Crippen LogP contribution < -0.4 is 5.32 Å². The quantitative estimate of drug-likeness (QED) is 0.569. The average Bonchev–Trinajstić information content (AvgIpc) is 2.74. The molecule has 0 spiro atoms. The van der Waals surface area contributed by atoms with Gasteiger partial charge in [-0.3, -0.25) is 4.98 Å². The molecular weight excluding hydrogens is 355 g/mol. The van der Waals surface area contributed by atoms with Gasteiger partial charge in [-0.1, -0.05) is 0 Å². The fraction of sp³-hybridized carbons (Fsp3) is 0.0952. The van der Waals surface area contributed by atoms with Crippen LogP contribution >= 0.6 is 0 Å². The zero-order valence-electron chi connectivity index (χ0n) is 15.2. The summed E-state index contributed by atoms with van der Waals surface area (Å²) in [7, 11) is 0. The minimum absolute atomic E-state index is 0.290. The number of nitrogens with zero attached hydrogens (tertiary/aromatic N) is 5. The van der Waals surface area contributed by atoms with E-state index in [0.29, 0.717) is 29.7 Å². The van der Waals surface area contributed by atoms with Gasteiger partial charge in [0.05, 0.1) is 12.2 Å². The molecule has 28 heavy (non-hydrogen) atoms. The van der Waals surface area contributed by atoms with Crippen molar-refractivity contribution in [3.8, 4) is 22.6 Å². The molecule has 0 unspecified atom stereocenters. The number of halogens is 1. The van der Waals surface area contributed by atoms with E-state index < -0.39 is 0 Å². The molecule has 4 rings (SSSR count). The Kier molecular flexibility index (Phi) is 4.97. The molecule has 0 fully saturated rings. The van der Waals surface area contributed by atoms with Crippen molar-refractivity contribution >= 4 is 5.82 Å². The fourth-order valence-corrected chi connectivity index (χ4v) is 2.62. The van der Waals surface area contributed by atoms with E-state index in [9.17, 15) is 4.39 Å². The van der Waals surface area contributed by atoms with Gasteiger partial charge >= 0.3 is 0 Å². The van der Waals surface area contributed by atoms with E-state index in [2.05, 4.69) is 30.2 Å². The largest absolute Gasteiger partial charge is 0.363 e. The Morgan fingerprint density at radius 2 is 1.61 bits per heavy atom. The van der Waals surface area contributed by atoms with Gasteiger partial charge in [0, 0.05) is 42.0 Å². The van der Waals surface area contributed by atoms with E-state index in [-0.39, 0.29) is 5.82 Å². The number of rotatable bonds is 5. The van der Waals surface area contributed by atoms with Crippen LogP contribution in [0.5, 0.6) is 0 Å². The Balaban J connectivity index is 1.69. The zero-order chi connectivity index (χ0) is 19.3. The second kappa shape index (κ2) is 7.87. The number of pyridine rings is 1. The average molecular weight is 372 g/mol. The van der Waals surface area contributed by atoms with Gasteiger partial charge in [0.15, 0.2) is 5.82 Å². The second-order valence-corrected chi connectivity index (χ2v) is 6.24. The summed E-state index contributed by atoms with van der Waals surface area (Å²) in [5.41, 5.74) is 3.33. The summed E-state index contributed by atoms with van der Waals surface area (Å²) in [6, 6.07) is 11.7. The van der Waals surface area contributed by atoms with Gasteiger partial charge in [0.25, 0.3) is 0 Å². The molecule has 6 nitrogen and oxygen atoms in total. The van der Waals surface area contributed by atoms with Gasteiger partial charge < -0.3 is 5.32 Å². The number of anilines is 1. The highest BCUT2D eigenvalue weighted by molar-refractivity contribution is 5.67. The van der Waals surface area contributed by atoms with Crippen LogP contribution in [0.25, 0.3) is 22.6 Å². The maximum Gasteiger partial charge on any atom is 0.162 e. The number of benzene rings is 1. The summed E-state index contributed by atoms with van der Waals surface area (Å²) in [6.07, 6.45) is 6.93. The molecule has 0 atom stereocenters. The standard InChI is InChI=1S/C21H17FN6/c1-14-11-24-20(25-12-14)13-26-19-10-18(15-2-4-17(22)5-3-15)27-21(28-19)16-6-8-23-9-7-16/h2-12H,13H2,1H3,(H,26,27,28). The summed E-state index contributed by atoms with van der Waals surface area (Å²) < 4.78 is 13.3. The van der Waals surface area contributed by atoms with Crippen molar-refractivity contribution in [2.45, 2.75) is 13.5 Å². The normalized spacial score (nSPS) is 10.6. The molecule has 7 heteroatoms. The van der Waals surface area contributed by atoms with Crippen LogP contribution in [0.2, 0.25) is 0 Å². The predicted molar refractivity (Wildman–Crippen MR) is 105 cm³/mol. The highest BCUT2D eigenvalue weighted by Crippen LogP contribution is 2.24. The minimum Gasteiger partial charge on any atom is -0.363 e. The molecule has 0 amide bonds. The van der Waals surface area contributed by atoms with E-state index in [0.717, 1.165) is 16.7 Å². The van der Waals surface area contributed by atoms with E-state index in [1.54, 1.807) is 36.9 Å². The lowest BCUT2D eigenvalue weighted by Crippen LogP contribution is -2.07. The molecule has 1 N–H and O–H groups in total. The van der Waals surface area contributed by atoms with Crippen molar-refractivity contribution < 1.29 is 4.39 Å². The summed E-state index contributed by atoms with van der Waals surface area (Å²) in [5.74, 6) is 1.56. The smallest absolute Gasteiger partial charge is 0.162 e. The van der Waals surface area contributed by atoms with Crippen molar-refractivity contribution in [1.29, 1.82) is 0 Å². The first-order valence-corrected chi connectivity index (χ1v) is 8.74. The van der Waals surface area contributed by atoms with Crippen LogP contribution in [0.3, 0.4) is 0 Å². The van der Waals surface area contributed by atoms with Crippen LogP contribution in [0.1, 0.15) is 11.4 Å². The molecule has 3 heterocycles. The zero-order valence-corrected chi connectivity index (χ0v) is 15.2. The van der Waals surface area contributed by atoms with Gasteiger partial charge in [-0.2, -0.15) is 0 Å². The number of hydrogen-bond donors (Lipinski definition) is 1. The van der Waals surface area contributed by atoms with Crippen molar-refractivity contribution in [2.24, 2.45) is 0 Å². The monoisotopic (exact) mass is 372 g/mol. The molecule has 1 aromatic carbocycles. The molecule has 0 bridgehead atoms. The summed E-state index contributed by atoms with van der Waals surface area (Å²) in [5, 5.41) is 3.25. The molecule has 0 saturated heterocycles. The Hall–Kier alpha value is -3.74. The van der Waals surface area contributed by atoms with Crippen LogP contribution in [-0.2, 0) is 6.54 Å². The highest BCUT2D eigenvalue weighted by atomic mass is 19.1. The Labute approximate surface area is 161 Å². The van der Waals surface area contributed by atoms with Crippen molar-refractivity contribution in [2.75, 3.05) is 5.32 Å². The first kappa shape index (κ1) is 17.7.